The number of aryl methyl sites for hydroxylation is 2. The van der Waals surface area contributed by atoms with Crippen LogP contribution >= 0.6 is 0 Å². The Morgan fingerprint density at radius 2 is 1.76 bits per heavy atom. The van der Waals surface area contributed by atoms with E-state index in [0.717, 1.165) is 23.0 Å². The van der Waals surface area contributed by atoms with Crippen LogP contribution in [0.2, 0.25) is 0 Å². The second kappa shape index (κ2) is 5.26. The number of hydrogen-bond acceptors (Lipinski definition) is 2. The Kier molecular flexibility index (Phi) is 3.43. The number of hydrogen-bond donors (Lipinski definition) is 3. The summed E-state index contributed by atoms with van der Waals surface area (Å²) < 4.78 is 0. The number of benzene rings is 2. The van der Waals surface area contributed by atoms with Crippen molar-refractivity contribution in [3.05, 3.63) is 53.1 Å². The molecule has 0 aliphatic heterocycles. The van der Waals surface area contributed by atoms with Gasteiger partial charge < -0.3 is 15.8 Å². The Morgan fingerprint density at radius 3 is 2.43 bits per heavy atom. The molecule has 21 heavy (non-hydrogen) atoms. The lowest BCUT2D eigenvalue weighted by atomic mass is 9.99. The zero-order chi connectivity index (χ0) is 15.0. The van der Waals surface area contributed by atoms with Crippen LogP contribution in [-0.4, -0.2) is 16.6 Å². The van der Waals surface area contributed by atoms with Crippen molar-refractivity contribution in [1.29, 1.82) is 0 Å². The molecule has 0 radical (unpaired) electrons. The summed E-state index contributed by atoms with van der Waals surface area (Å²) in [4.78, 5) is 3.48. The largest absolute Gasteiger partial charge is 0.508 e. The van der Waals surface area contributed by atoms with Gasteiger partial charge in [-0.3, -0.25) is 0 Å². The highest BCUT2D eigenvalue weighted by molar-refractivity contribution is 5.91. The van der Waals surface area contributed by atoms with Gasteiger partial charge in [-0.25, -0.2) is 0 Å². The topological polar surface area (TPSA) is 62.0 Å². The monoisotopic (exact) mass is 280 g/mol. The molecular weight excluding hydrogens is 260 g/mol. The van der Waals surface area contributed by atoms with Crippen molar-refractivity contribution in [2.24, 2.45) is 5.73 Å². The number of aromatic amines is 1. The minimum Gasteiger partial charge on any atom is -0.508 e. The van der Waals surface area contributed by atoms with Gasteiger partial charge >= 0.3 is 0 Å². The van der Waals surface area contributed by atoms with Crippen LogP contribution < -0.4 is 5.73 Å². The van der Waals surface area contributed by atoms with Crippen LogP contribution in [0, 0.1) is 13.8 Å². The maximum Gasteiger partial charge on any atom is 0.116 e. The van der Waals surface area contributed by atoms with Crippen LogP contribution in [0.5, 0.6) is 5.75 Å². The first-order chi connectivity index (χ1) is 10.1. The number of rotatable bonds is 3. The van der Waals surface area contributed by atoms with E-state index in [2.05, 4.69) is 37.0 Å². The Balaban J connectivity index is 2.27. The molecule has 4 N–H and O–H groups in total. The van der Waals surface area contributed by atoms with Crippen molar-refractivity contribution in [2.45, 2.75) is 20.3 Å². The first kappa shape index (κ1) is 13.7. The quantitative estimate of drug-likeness (QED) is 0.685. The molecular formula is C18H20N2O. The lowest BCUT2D eigenvalue weighted by molar-refractivity contribution is 0.476. The van der Waals surface area contributed by atoms with Gasteiger partial charge in [0.25, 0.3) is 0 Å². The second-order valence-corrected chi connectivity index (χ2v) is 5.62. The summed E-state index contributed by atoms with van der Waals surface area (Å²) in [7, 11) is 0. The maximum atomic E-state index is 9.75. The summed E-state index contributed by atoms with van der Waals surface area (Å²) >= 11 is 0. The van der Waals surface area contributed by atoms with E-state index in [4.69, 9.17) is 5.73 Å². The third-order valence-electron chi connectivity index (χ3n) is 3.79. The predicted molar refractivity (Wildman–Crippen MR) is 87.6 cm³/mol. The molecule has 0 atom stereocenters. The molecule has 0 aliphatic rings. The van der Waals surface area contributed by atoms with Gasteiger partial charge in [0.15, 0.2) is 0 Å². The smallest absolute Gasteiger partial charge is 0.116 e. The predicted octanol–water partition coefficient (Wildman–Crippen LogP) is 3.66. The van der Waals surface area contributed by atoms with Gasteiger partial charge in [-0.2, -0.15) is 0 Å². The fraction of sp³-hybridized carbons (Fsp3) is 0.222. The summed E-state index contributed by atoms with van der Waals surface area (Å²) in [5, 5.41) is 10.8. The average molecular weight is 280 g/mol. The Bertz CT molecular complexity index is 782. The highest BCUT2D eigenvalue weighted by atomic mass is 16.3. The van der Waals surface area contributed by atoms with Crippen LogP contribution in [0.3, 0.4) is 0 Å². The molecule has 0 amide bonds. The minimum absolute atomic E-state index is 0.284. The van der Waals surface area contributed by atoms with Gasteiger partial charge in [-0.15, -0.1) is 0 Å². The molecule has 0 saturated carbocycles. The molecule has 0 aliphatic carbocycles. The van der Waals surface area contributed by atoms with Crippen molar-refractivity contribution >= 4 is 10.9 Å². The van der Waals surface area contributed by atoms with E-state index < -0.39 is 0 Å². The van der Waals surface area contributed by atoms with E-state index in [9.17, 15) is 5.11 Å². The summed E-state index contributed by atoms with van der Waals surface area (Å²) in [5.41, 5.74) is 12.7. The number of H-pyrrole nitrogens is 1. The van der Waals surface area contributed by atoms with Crippen LogP contribution in [0.25, 0.3) is 22.2 Å². The van der Waals surface area contributed by atoms with Gasteiger partial charge in [0.2, 0.25) is 0 Å². The molecule has 108 valence electrons. The fourth-order valence-corrected chi connectivity index (χ4v) is 3.01. The average Bonchev–Trinajstić information content (AvgIpc) is 2.77. The van der Waals surface area contributed by atoms with Crippen LogP contribution in [0.4, 0.5) is 0 Å². The SMILES string of the molecule is Cc1cc(C)cc(-c2[nH]c3ccc(O)cc3c2CCN)c1. The fourth-order valence-electron chi connectivity index (χ4n) is 3.01. The molecule has 0 unspecified atom stereocenters. The Labute approximate surface area is 124 Å². The lowest BCUT2D eigenvalue weighted by Gasteiger charge is -2.07. The molecule has 3 heteroatoms. The molecule has 3 aromatic rings. The van der Waals surface area contributed by atoms with Gasteiger partial charge in [0.05, 0.1) is 0 Å². The van der Waals surface area contributed by atoms with Crippen molar-refractivity contribution in [2.75, 3.05) is 6.54 Å². The van der Waals surface area contributed by atoms with E-state index in [1.54, 1.807) is 6.07 Å². The molecule has 0 bridgehead atoms. The molecule has 0 spiro atoms. The number of fused-ring (bicyclic) bond motifs is 1. The molecule has 3 nitrogen and oxygen atoms in total. The summed E-state index contributed by atoms with van der Waals surface area (Å²) in [6.45, 7) is 4.79. The maximum absolute atomic E-state index is 9.75. The highest BCUT2D eigenvalue weighted by Crippen LogP contribution is 2.33. The number of phenols is 1. The van der Waals surface area contributed by atoms with E-state index >= 15 is 0 Å². The summed E-state index contributed by atoms with van der Waals surface area (Å²) in [6, 6.07) is 12.0. The molecule has 1 heterocycles. The van der Waals surface area contributed by atoms with E-state index in [1.165, 1.54) is 22.3 Å². The number of aromatic nitrogens is 1. The standard InChI is InChI=1S/C18H20N2O/c1-11-7-12(2)9-13(8-11)18-15(5-6-19)16-10-14(21)3-4-17(16)20-18/h3-4,7-10,20-21H,5-6,19H2,1-2H3. The molecule has 1 aromatic heterocycles. The van der Waals surface area contributed by atoms with Gasteiger partial charge in [0.1, 0.15) is 5.75 Å². The highest BCUT2D eigenvalue weighted by Gasteiger charge is 2.13. The Morgan fingerprint density at radius 1 is 1.05 bits per heavy atom. The third-order valence-corrected chi connectivity index (χ3v) is 3.79. The number of nitrogens with one attached hydrogen (secondary N) is 1. The minimum atomic E-state index is 0.284. The van der Waals surface area contributed by atoms with E-state index in [0.29, 0.717) is 6.54 Å². The Hall–Kier alpha value is -2.26. The lowest BCUT2D eigenvalue weighted by Crippen LogP contribution is -2.03. The van der Waals surface area contributed by atoms with E-state index in [1.807, 2.05) is 12.1 Å². The van der Waals surface area contributed by atoms with Crippen LogP contribution in [0.15, 0.2) is 36.4 Å². The molecule has 0 fully saturated rings. The number of aromatic hydroxyl groups is 1. The molecule has 2 aromatic carbocycles. The third kappa shape index (κ3) is 2.52. The molecule has 0 saturated heterocycles. The first-order valence-corrected chi connectivity index (χ1v) is 7.21. The zero-order valence-corrected chi connectivity index (χ0v) is 12.4. The van der Waals surface area contributed by atoms with Crippen molar-refractivity contribution in [1.82, 2.24) is 4.98 Å². The number of nitrogens with two attached hydrogens (primary N) is 1. The van der Waals surface area contributed by atoms with Gasteiger partial charge in [-0.1, -0.05) is 17.2 Å². The second-order valence-electron chi connectivity index (χ2n) is 5.62. The molecule has 3 rings (SSSR count). The summed E-state index contributed by atoms with van der Waals surface area (Å²) in [6.07, 6.45) is 0.784. The summed E-state index contributed by atoms with van der Waals surface area (Å²) in [5.74, 6) is 0.284. The zero-order valence-electron chi connectivity index (χ0n) is 12.4. The van der Waals surface area contributed by atoms with Gasteiger partial charge in [0, 0.05) is 16.6 Å². The van der Waals surface area contributed by atoms with Crippen molar-refractivity contribution in [3.63, 3.8) is 0 Å². The van der Waals surface area contributed by atoms with Crippen molar-refractivity contribution in [3.8, 4) is 17.0 Å². The van der Waals surface area contributed by atoms with E-state index in [-0.39, 0.29) is 5.75 Å². The normalized spacial score (nSPS) is 11.2. The van der Waals surface area contributed by atoms with Crippen LogP contribution in [-0.2, 0) is 6.42 Å². The first-order valence-electron chi connectivity index (χ1n) is 7.21. The van der Waals surface area contributed by atoms with Crippen LogP contribution in [0.1, 0.15) is 16.7 Å². The number of phenolic OH excluding ortho intramolecular Hbond substituents is 1. The van der Waals surface area contributed by atoms with Crippen molar-refractivity contribution < 1.29 is 5.11 Å². The van der Waals surface area contributed by atoms with Gasteiger partial charge in [-0.05, 0) is 68.3 Å².